The number of rotatable bonds is 6. The third-order valence-electron chi connectivity index (χ3n) is 8.00. The van der Waals surface area contributed by atoms with E-state index < -0.39 is 28.6 Å². The van der Waals surface area contributed by atoms with E-state index in [0.29, 0.717) is 19.3 Å². The van der Waals surface area contributed by atoms with Gasteiger partial charge in [-0.3, -0.25) is 5.41 Å². The van der Waals surface area contributed by atoms with Gasteiger partial charge in [-0.1, -0.05) is 84.0 Å². The van der Waals surface area contributed by atoms with E-state index in [1.54, 1.807) is 0 Å². The van der Waals surface area contributed by atoms with E-state index in [4.69, 9.17) is 14.9 Å². The molecule has 3 fully saturated rings. The van der Waals surface area contributed by atoms with Crippen molar-refractivity contribution < 1.29 is 9.47 Å². The minimum atomic E-state index is -1.72. The molecule has 4 atom stereocenters. The fraction of sp³-hybridized carbons (Fsp3) is 0.846. The first-order chi connectivity index (χ1) is 15.6. The summed E-state index contributed by atoms with van der Waals surface area (Å²) in [5.41, 5.74) is -3.28. The van der Waals surface area contributed by atoms with E-state index in [9.17, 15) is 15.8 Å². The van der Waals surface area contributed by atoms with Gasteiger partial charge in [-0.05, 0) is 19.3 Å². The van der Waals surface area contributed by atoms with E-state index in [0.717, 1.165) is 64.2 Å². The molecule has 0 amide bonds. The highest BCUT2D eigenvalue weighted by atomic mass is 16.7. The molecule has 2 heterocycles. The lowest BCUT2D eigenvalue weighted by molar-refractivity contribution is -0.286. The van der Waals surface area contributed by atoms with Crippen molar-refractivity contribution in [2.24, 2.45) is 16.7 Å². The van der Waals surface area contributed by atoms with E-state index in [-0.39, 0.29) is 5.90 Å². The Morgan fingerprint density at radius 3 is 2.12 bits per heavy atom. The zero-order valence-corrected chi connectivity index (χ0v) is 19.6. The summed E-state index contributed by atoms with van der Waals surface area (Å²) in [6, 6.07) is 6.74. The van der Waals surface area contributed by atoms with Crippen molar-refractivity contribution in [2.75, 3.05) is 0 Å². The Morgan fingerprint density at radius 1 is 0.875 bits per heavy atom. The van der Waals surface area contributed by atoms with Gasteiger partial charge in [0.05, 0.1) is 30.2 Å². The molecule has 174 valence electrons. The fourth-order valence-electron chi connectivity index (χ4n) is 6.23. The summed E-state index contributed by atoms with van der Waals surface area (Å²) in [4.78, 5) is 0. The molecular formula is C26H38N4O2. The highest BCUT2D eigenvalue weighted by Gasteiger charge is 2.79. The van der Waals surface area contributed by atoms with Crippen LogP contribution in [0.25, 0.3) is 0 Å². The van der Waals surface area contributed by atoms with Crippen LogP contribution in [0.1, 0.15) is 110 Å². The van der Waals surface area contributed by atoms with Crippen LogP contribution in [0.2, 0.25) is 0 Å². The van der Waals surface area contributed by atoms with Gasteiger partial charge in [0.15, 0.2) is 10.8 Å². The van der Waals surface area contributed by atoms with Crippen LogP contribution in [0.5, 0.6) is 0 Å². The summed E-state index contributed by atoms with van der Waals surface area (Å²) in [5, 5.41) is 39.9. The van der Waals surface area contributed by atoms with Crippen molar-refractivity contribution in [1.82, 2.24) is 0 Å². The van der Waals surface area contributed by atoms with Crippen LogP contribution in [0.15, 0.2) is 0 Å². The van der Waals surface area contributed by atoms with Crippen molar-refractivity contribution in [2.45, 2.75) is 122 Å². The normalized spacial score (nSPS) is 34.5. The standard InChI is InChI=1S/C26H38N4O2/c1-2-3-4-9-13-16-22-24(18-27,19-28)25(20-29)21-15-12-10-7-5-6-8-11-14-17-26(21,31-22)32-23(25)30/h21-22,30H,2-17H2,1H3. The Kier molecular flexibility index (Phi) is 8.19. The monoisotopic (exact) mass is 438 g/mol. The summed E-state index contributed by atoms with van der Waals surface area (Å²) in [5.74, 6) is -1.74. The highest BCUT2D eigenvalue weighted by Crippen LogP contribution is 2.65. The first-order valence-corrected chi connectivity index (χ1v) is 12.8. The van der Waals surface area contributed by atoms with E-state index in [1.807, 2.05) is 0 Å². The Morgan fingerprint density at radius 2 is 1.50 bits per heavy atom. The fourth-order valence-corrected chi connectivity index (χ4v) is 6.23. The molecule has 3 rings (SSSR count). The van der Waals surface area contributed by atoms with Gasteiger partial charge in [-0.15, -0.1) is 0 Å². The molecule has 0 aromatic heterocycles. The van der Waals surface area contributed by atoms with Gasteiger partial charge in [-0.2, -0.15) is 15.8 Å². The first kappa shape index (κ1) is 24.5. The van der Waals surface area contributed by atoms with Crippen LogP contribution >= 0.6 is 0 Å². The summed E-state index contributed by atoms with van der Waals surface area (Å²) < 4.78 is 12.8. The number of nitrogens with one attached hydrogen (secondary N) is 1. The second kappa shape index (κ2) is 10.7. The second-order valence-corrected chi connectivity index (χ2v) is 9.92. The lowest BCUT2D eigenvalue weighted by Crippen LogP contribution is -2.62. The zero-order chi connectivity index (χ0) is 23.1. The molecule has 0 radical (unpaired) electrons. The van der Waals surface area contributed by atoms with Crippen LogP contribution in [-0.4, -0.2) is 17.8 Å². The van der Waals surface area contributed by atoms with Gasteiger partial charge in [0.25, 0.3) is 0 Å². The molecule has 1 N–H and O–H groups in total. The van der Waals surface area contributed by atoms with Crippen molar-refractivity contribution in [3.63, 3.8) is 0 Å². The van der Waals surface area contributed by atoms with Gasteiger partial charge in [-0.25, -0.2) is 0 Å². The van der Waals surface area contributed by atoms with Crippen LogP contribution in [0, 0.1) is 56.2 Å². The summed E-state index contributed by atoms with van der Waals surface area (Å²) in [6.45, 7) is 2.17. The molecule has 1 saturated carbocycles. The van der Waals surface area contributed by atoms with Gasteiger partial charge in [0.1, 0.15) is 0 Å². The summed E-state index contributed by atoms with van der Waals surface area (Å²) in [6.07, 6.45) is 15.0. The molecule has 6 heteroatoms. The molecule has 6 nitrogen and oxygen atoms in total. The maximum Gasteiger partial charge on any atom is 0.217 e. The van der Waals surface area contributed by atoms with Gasteiger partial charge in [0, 0.05) is 6.42 Å². The third-order valence-corrected chi connectivity index (χ3v) is 8.00. The molecule has 3 aliphatic rings. The minimum absolute atomic E-state index is 0.226. The average Bonchev–Trinajstić information content (AvgIpc) is 2.97. The number of nitrogens with zero attached hydrogens (tertiary/aromatic N) is 3. The number of unbranched alkanes of at least 4 members (excludes halogenated alkanes) is 4. The number of hydrogen-bond donors (Lipinski definition) is 1. The quantitative estimate of drug-likeness (QED) is 0.474. The lowest BCUT2D eigenvalue weighted by Gasteiger charge is -2.50. The predicted octanol–water partition coefficient (Wildman–Crippen LogP) is 6.52. The molecule has 1 aliphatic carbocycles. The number of nitriles is 3. The van der Waals surface area contributed by atoms with Crippen LogP contribution in [0.3, 0.4) is 0 Å². The van der Waals surface area contributed by atoms with Crippen LogP contribution in [-0.2, 0) is 9.47 Å². The minimum Gasteiger partial charge on any atom is -0.447 e. The van der Waals surface area contributed by atoms with E-state index in [2.05, 4.69) is 25.1 Å². The van der Waals surface area contributed by atoms with E-state index >= 15 is 0 Å². The van der Waals surface area contributed by atoms with Crippen LogP contribution < -0.4 is 0 Å². The van der Waals surface area contributed by atoms with Gasteiger partial charge in [0.2, 0.25) is 11.7 Å². The second-order valence-electron chi connectivity index (χ2n) is 9.92. The Labute approximate surface area is 193 Å². The lowest BCUT2D eigenvalue weighted by atomic mass is 9.52. The number of ether oxygens (including phenoxy) is 2. The number of hydrogen-bond acceptors (Lipinski definition) is 6. The molecule has 4 unspecified atom stereocenters. The first-order valence-electron chi connectivity index (χ1n) is 12.8. The van der Waals surface area contributed by atoms with Crippen molar-refractivity contribution in [3.05, 3.63) is 0 Å². The van der Waals surface area contributed by atoms with Gasteiger partial charge >= 0.3 is 0 Å². The van der Waals surface area contributed by atoms with E-state index in [1.165, 1.54) is 19.3 Å². The maximum absolute atomic E-state index is 10.5. The summed E-state index contributed by atoms with van der Waals surface area (Å²) >= 11 is 0. The largest absolute Gasteiger partial charge is 0.447 e. The van der Waals surface area contributed by atoms with Crippen molar-refractivity contribution in [3.8, 4) is 18.2 Å². The van der Waals surface area contributed by atoms with Crippen molar-refractivity contribution >= 4 is 5.90 Å². The smallest absolute Gasteiger partial charge is 0.217 e. The Hall–Kier alpha value is -2.10. The van der Waals surface area contributed by atoms with Gasteiger partial charge < -0.3 is 9.47 Å². The maximum atomic E-state index is 10.5. The molecule has 0 aromatic rings. The summed E-state index contributed by atoms with van der Waals surface area (Å²) in [7, 11) is 0. The molecule has 2 aliphatic heterocycles. The molecule has 0 spiro atoms. The molecule has 0 aromatic carbocycles. The SMILES string of the molecule is CCCCCCCC1OC23CCCCCCCCCCC2C(C#N)(C(=N)O3)C1(C#N)C#N. The third kappa shape index (κ3) is 4.02. The molecule has 32 heavy (non-hydrogen) atoms. The van der Waals surface area contributed by atoms with Crippen LogP contribution in [0.4, 0.5) is 0 Å². The van der Waals surface area contributed by atoms with Crippen molar-refractivity contribution in [1.29, 1.82) is 21.2 Å². The topological polar surface area (TPSA) is 114 Å². The molecule has 2 saturated heterocycles. The Bertz CT molecular complexity index is 777. The highest BCUT2D eigenvalue weighted by molar-refractivity contribution is 5.89. The zero-order valence-electron chi connectivity index (χ0n) is 19.6. The average molecular weight is 439 g/mol. The molecular weight excluding hydrogens is 400 g/mol. The Balaban J connectivity index is 1.98. The molecule has 2 bridgehead atoms. The predicted molar refractivity (Wildman–Crippen MR) is 121 cm³/mol.